The molecule has 0 atom stereocenters. The Morgan fingerprint density at radius 2 is 1.82 bits per heavy atom. The highest BCUT2D eigenvalue weighted by Crippen LogP contribution is 2.35. The van der Waals surface area contributed by atoms with Gasteiger partial charge in [-0.2, -0.15) is 13.1 Å². The van der Waals surface area contributed by atoms with Gasteiger partial charge in [0.15, 0.2) is 6.67 Å². The van der Waals surface area contributed by atoms with Crippen molar-refractivity contribution in [3.8, 4) is 0 Å². The summed E-state index contributed by atoms with van der Waals surface area (Å²) in [6.45, 7) is -2.41. The Morgan fingerprint density at radius 1 is 1.35 bits per heavy atom. The van der Waals surface area contributed by atoms with E-state index >= 15 is 0 Å². The Kier molecular flexibility index (Phi) is 5.61. The van der Waals surface area contributed by atoms with Crippen LogP contribution in [0.5, 0.6) is 0 Å². The van der Waals surface area contributed by atoms with Gasteiger partial charge < -0.3 is 9.79 Å². The molecular weight excluding hydrogens is 286 g/mol. The summed E-state index contributed by atoms with van der Waals surface area (Å²) in [6.07, 6.45) is -0.900. The molecule has 0 unspecified atom stereocenters. The molecule has 0 fully saturated rings. The van der Waals surface area contributed by atoms with Gasteiger partial charge in [-0.25, -0.2) is 12.8 Å². The van der Waals surface area contributed by atoms with Gasteiger partial charge in [0.25, 0.3) is 10.0 Å². The van der Waals surface area contributed by atoms with Crippen LogP contribution in [0.4, 0.5) is 13.2 Å². The Hall–Kier alpha value is -0.150. The molecule has 0 rings (SSSR count). The van der Waals surface area contributed by atoms with E-state index in [9.17, 15) is 26.2 Å². The number of alkyl halides is 3. The summed E-state index contributed by atoms with van der Waals surface area (Å²) in [5.41, 5.74) is 0. The smallest absolute Gasteiger partial charge is 0.324 e. The van der Waals surface area contributed by atoms with E-state index in [-0.39, 0.29) is 4.31 Å². The maximum atomic E-state index is 12.8. The average Bonchev–Trinajstić information content (AvgIpc) is 2.16. The molecule has 0 aromatic heterocycles. The number of rotatable bonds is 7. The quantitative estimate of drug-likeness (QED) is 0.663. The second kappa shape index (κ2) is 5.66. The van der Waals surface area contributed by atoms with Gasteiger partial charge in [-0.05, 0) is 0 Å². The number of sulfonamides is 1. The molecule has 0 heterocycles. The van der Waals surface area contributed by atoms with Crippen LogP contribution in [-0.4, -0.2) is 53.7 Å². The highest BCUT2D eigenvalue weighted by Gasteiger charge is 2.48. The summed E-state index contributed by atoms with van der Waals surface area (Å²) in [5, 5.41) is -4.59. The molecule has 0 aliphatic rings. The molecule has 0 aliphatic carbocycles. The molecular formula is C6H13F3NO5PS. The van der Waals surface area contributed by atoms with Gasteiger partial charge in [0.05, 0.1) is 6.16 Å². The van der Waals surface area contributed by atoms with Crippen LogP contribution >= 0.6 is 7.60 Å². The van der Waals surface area contributed by atoms with Crippen molar-refractivity contribution in [1.29, 1.82) is 0 Å². The molecule has 0 aromatic rings. The van der Waals surface area contributed by atoms with Crippen molar-refractivity contribution < 1.29 is 35.9 Å². The average molecular weight is 299 g/mol. The van der Waals surface area contributed by atoms with Crippen LogP contribution in [-0.2, 0) is 14.6 Å². The molecule has 104 valence electrons. The maximum absolute atomic E-state index is 12.8. The van der Waals surface area contributed by atoms with Crippen LogP contribution in [0, 0.1) is 0 Å². The zero-order chi connectivity index (χ0) is 13.9. The Morgan fingerprint density at radius 3 is 2.12 bits per heavy atom. The summed E-state index contributed by atoms with van der Waals surface area (Å²) in [7, 11) is -9.75. The zero-order valence-electron chi connectivity index (χ0n) is 8.88. The first kappa shape index (κ1) is 16.9. The minimum absolute atomic E-state index is 0.145. The van der Waals surface area contributed by atoms with E-state index in [2.05, 4.69) is 0 Å². The lowest BCUT2D eigenvalue weighted by Gasteiger charge is -2.24. The van der Waals surface area contributed by atoms with E-state index in [0.29, 0.717) is 0 Å². The van der Waals surface area contributed by atoms with Crippen molar-refractivity contribution >= 4 is 17.6 Å². The summed E-state index contributed by atoms with van der Waals surface area (Å²) < 4.78 is 70.6. The normalized spacial score (nSPS) is 14.3. The van der Waals surface area contributed by atoms with Gasteiger partial charge in [0, 0.05) is 13.1 Å². The molecule has 6 nitrogen and oxygen atoms in total. The molecule has 0 aromatic carbocycles. The molecule has 0 radical (unpaired) electrons. The van der Waals surface area contributed by atoms with Gasteiger partial charge in [-0.15, -0.1) is 0 Å². The fraction of sp³-hybridized carbons (Fsp3) is 1.00. The molecule has 0 saturated carbocycles. The van der Waals surface area contributed by atoms with Gasteiger partial charge in [-0.1, -0.05) is 6.92 Å². The molecule has 11 heteroatoms. The Labute approximate surface area is 96.6 Å². The molecule has 0 saturated heterocycles. The van der Waals surface area contributed by atoms with E-state index in [1.807, 2.05) is 0 Å². The standard InChI is InChI=1S/C6H13F3NO5PS/c1-2-10(3-4-16(11,12)13)17(14,15)6(8,9)5-7/h2-5H2,1H3,(H2,11,12,13). The molecule has 0 aliphatic heterocycles. The summed E-state index contributed by atoms with van der Waals surface area (Å²) in [5.74, 6) is 0. The first-order valence-corrected chi connectivity index (χ1v) is 7.69. The second-order valence-corrected chi connectivity index (χ2v) is 7.00. The van der Waals surface area contributed by atoms with E-state index in [1.165, 1.54) is 6.92 Å². The van der Waals surface area contributed by atoms with Crippen LogP contribution in [0.25, 0.3) is 0 Å². The lowest BCUT2D eigenvalue weighted by molar-refractivity contribution is 0.0551. The van der Waals surface area contributed by atoms with Crippen molar-refractivity contribution in [2.24, 2.45) is 0 Å². The van der Waals surface area contributed by atoms with Gasteiger partial charge in [-0.3, -0.25) is 4.57 Å². The Bertz CT molecular complexity index is 394. The van der Waals surface area contributed by atoms with Crippen molar-refractivity contribution in [3.63, 3.8) is 0 Å². The summed E-state index contributed by atoms with van der Waals surface area (Å²) in [6, 6.07) is 0. The minimum Gasteiger partial charge on any atom is -0.324 e. The monoisotopic (exact) mass is 299 g/mol. The van der Waals surface area contributed by atoms with E-state index < -0.39 is 48.8 Å². The van der Waals surface area contributed by atoms with E-state index in [1.54, 1.807) is 0 Å². The van der Waals surface area contributed by atoms with Crippen LogP contribution in [0.3, 0.4) is 0 Å². The van der Waals surface area contributed by atoms with Gasteiger partial charge in [0.1, 0.15) is 0 Å². The van der Waals surface area contributed by atoms with Crippen LogP contribution in [0.15, 0.2) is 0 Å². The van der Waals surface area contributed by atoms with Crippen molar-refractivity contribution in [2.45, 2.75) is 12.2 Å². The minimum atomic E-state index is -5.24. The van der Waals surface area contributed by atoms with Gasteiger partial charge in [0.2, 0.25) is 0 Å². The van der Waals surface area contributed by atoms with Crippen molar-refractivity contribution in [3.05, 3.63) is 0 Å². The molecule has 0 amide bonds. The molecule has 2 N–H and O–H groups in total. The number of halogens is 3. The topological polar surface area (TPSA) is 94.9 Å². The summed E-state index contributed by atoms with van der Waals surface area (Å²) in [4.78, 5) is 17.0. The number of hydrogen-bond acceptors (Lipinski definition) is 3. The van der Waals surface area contributed by atoms with E-state index in [0.717, 1.165) is 0 Å². The fourth-order valence-electron chi connectivity index (χ4n) is 0.948. The first-order chi connectivity index (χ1) is 7.48. The predicted octanol–water partition coefficient (Wildman–Crippen LogP) is 0.378. The predicted molar refractivity (Wildman–Crippen MR) is 54.0 cm³/mol. The van der Waals surface area contributed by atoms with Crippen LogP contribution in [0.1, 0.15) is 6.92 Å². The second-order valence-electron chi connectivity index (χ2n) is 3.16. The SMILES string of the molecule is CCN(CCP(=O)(O)O)S(=O)(=O)C(F)(F)CF. The van der Waals surface area contributed by atoms with E-state index in [4.69, 9.17) is 9.79 Å². The van der Waals surface area contributed by atoms with Crippen LogP contribution in [0.2, 0.25) is 0 Å². The highest BCUT2D eigenvalue weighted by molar-refractivity contribution is 7.90. The van der Waals surface area contributed by atoms with Crippen molar-refractivity contribution in [2.75, 3.05) is 25.9 Å². The fourth-order valence-corrected chi connectivity index (χ4v) is 2.77. The molecule has 17 heavy (non-hydrogen) atoms. The third kappa shape index (κ3) is 4.55. The highest BCUT2D eigenvalue weighted by atomic mass is 32.2. The molecule has 0 spiro atoms. The number of hydrogen-bond donors (Lipinski definition) is 2. The lowest BCUT2D eigenvalue weighted by Crippen LogP contribution is -2.45. The maximum Gasteiger partial charge on any atom is 0.386 e. The third-order valence-electron chi connectivity index (χ3n) is 1.87. The van der Waals surface area contributed by atoms with Crippen LogP contribution < -0.4 is 0 Å². The zero-order valence-corrected chi connectivity index (χ0v) is 10.6. The first-order valence-electron chi connectivity index (χ1n) is 4.46. The van der Waals surface area contributed by atoms with Gasteiger partial charge >= 0.3 is 12.9 Å². The largest absolute Gasteiger partial charge is 0.386 e. The van der Waals surface area contributed by atoms with Crippen molar-refractivity contribution in [1.82, 2.24) is 4.31 Å². The Balaban J connectivity index is 4.96. The third-order valence-corrected chi connectivity index (χ3v) is 4.63. The molecule has 0 bridgehead atoms. The lowest BCUT2D eigenvalue weighted by atomic mass is 10.7. The number of nitrogens with zero attached hydrogens (tertiary/aromatic N) is 1. The summed E-state index contributed by atoms with van der Waals surface area (Å²) >= 11 is 0.